The number of fused-ring (bicyclic) bond motifs is 1. The van der Waals surface area contributed by atoms with Gasteiger partial charge in [-0.25, -0.2) is 4.98 Å². The van der Waals surface area contributed by atoms with Crippen molar-refractivity contribution in [2.45, 2.75) is 38.0 Å². The summed E-state index contributed by atoms with van der Waals surface area (Å²) in [6.07, 6.45) is 0.809. The molecule has 0 spiro atoms. The zero-order chi connectivity index (χ0) is 20.1. The van der Waals surface area contributed by atoms with E-state index >= 15 is 0 Å². The molecule has 0 unspecified atom stereocenters. The van der Waals surface area contributed by atoms with Gasteiger partial charge in [0, 0.05) is 11.6 Å². The van der Waals surface area contributed by atoms with E-state index in [1.54, 1.807) is 16.7 Å². The van der Waals surface area contributed by atoms with Gasteiger partial charge in [0.25, 0.3) is 5.56 Å². The Bertz CT molecular complexity index is 1050. The number of hydrogen-bond donors (Lipinski definition) is 1. The number of amides is 1. The summed E-state index contributed by atoms with van der Waals surface area (Å²) in [6, 6.07) is 14.5. The van der Waals surface area contributed by atoms with E-state index in [9.17, 15) is 9.59 Å². The highest BCUT2D eigenvalue weighted by molar-refractivity contribution is 7.99. The minimum Gasteiger partial charge on any atom is -0.349 e. The molecule has 0 radical (unpaired) electrons. The lowest BCUT2D eigenvalue weighted by Crippen LogP contribution is -2.29. The molecular formula is C21H22ClN3O2S. The van der Waals surface area contributed by atoms with E-state index in [-0.39, 0.29) is 23.3 Å². The summed E-state index contributed by atoms with van der Waals surface area (Å²) in [5.74, 6) is 0.0337. The van der Waals surface area contributed by atoms with Crippen LogP contribution in [-0.4, -0.2) is 21.2 Å². The van der Waals surface area contributed by atoms with Crippen molar-refractivity contribution in [2.75, 3.05) is 5.75 Å². The zero-order valence-corrected chi connectivity index (χ0v) is 17.4. The lowest BCUT2D eigenvalue weighted by molar-refractivity contribution is -0.119. The number of hydrogen-bond acceptors (Lipinski definition) is 4. The second kappa shape index (κ2) is 9.26. The fourth-order valence-electron chi connectivity index (χ4n) is 3.00. The van der Waals surface area contributed by atoms with Gasteiger partial charge in [-0.2, -0.15) is 0 Å². The molecule has 1 atom stereocenters. The number of nitrogens with zero attached hydrogens (tertiary/aromatic N) is 2. The van der Waals surface area contributed by atoms with Crippen LogP contribution in [0.3, 0.4) is 0 Å². The molecule has 1 N–H and O–H groups in total. The number of para-hydroxylation sites is 1. The smallest absolute Gasteiger partial charge is 0.262 e. The summed E-state index contributed by atoms with van der Waals surface area (Å²) in [5, 5.41) is 4.73. The number of nitrogens with one attached hydrogen (secondary N) is 1. The van der Waals surface area contributed by atoms with Gasteiger partial charge in [-0.1, -0.05) is 60.6 Å². The Hall–Kier alpha value is -2.31. The van der Waals surface area contributed by atoms with Crippen LogP contribution in [-0.2, 0) is 11.3 Å². The standard InChI is InChI=1S/C21H22ClN3O2S/c1-3-12-25-20(27)16-9-5-7-11-18(16)24-21(25)28-13-19(26)23-14(2)15-8-4-6-10-17(15)22/h4-11,14H,3,12-13H2,1-2H3,(H,23,26)/t14-/m0/s1. The minimum absolute atomic E-state index is 0.0696. The van der Waals surface area contributed by atoms with E-state index in [2.05, 4.69) is 10.3 Å². The minimum atomic E-state index is -0.204. The van der Waals surface area contributed by atoms with Crippen molar-refractivity contribution in [2.24, 2.45) is 0 Å². The molecule has 28 heavy (non-hydrogen) atoms. The zero-order valence-electron chi connectivity index (χ0n) is 15.8. The maximum absolute atomic E-state index is 12.8. The second-order valence-electron chi connectivity index (χ2n) is 6.47. The van der Waals surface area contributed by atoms with E-state index in [1.807, 2.05) is 50.2 Å². The molecule has 0 saturated heterocycles. The molecule has 2 aromatic carbocycles. The van der Waals surface area contributed by atoms with Gasteiger partial charge in [0.15, 0.2) is 5.16 Å². The Kier molecular flexibility index (Phi) is 6.75. The Morgan fingerprint density at radius 1 is 1.21 bits per heavy atom. The van der Waals surface area contributed by atoms with E-state index in [0.29, 0.717) is 27.6 Å². The Balaban J connectivity index is 1.75. The highest BCUT2D eigenvalue weighted by Gasteiger charge is 2.15. The van der Waals surface area contributed by atoms with Gasteiger partial charge in [0.05, 0.1) is 22.7 Å². The molecule has 0 bridgehead atoms. The van der Waals surface area contributed by atoms with Gasteiger partial charge in [-0.15, -0.1) is 0 Å². The predicted molar refractivity (Wildman–Crippen MR) is 115 cm³/mol. The molecule has 0 aliphatic rings. The van der Waals surface area contributed by atoms with E-state index in [0.717, 1.165) is 12.0 Å². The molecule has 0 aliphatic carbocycles. The first-order valence-corrected chi connectivity index (χ1v) is 10.5. The largest absolute Gasteiger partial charge is 0.349 e. The summed E-state index contributed by atoms with van der Waals surface area (Å²) in [7, 11) is 0. The third kappa shape index (κ3) is 4.56. The molecule has 7 heteroatoms. The molecule has 0 fully saturated rings. The molecule has 5 nitrogen and oxygen atoms in total. The Morgan fingerprint density at radius 3 is 2.68 bits per heavy atom. The van der Waals surface area contributed by atoms with E-state index in [1.165, 1.54) is 11.8 Å². The van der Waals surface area contributed by atoms with Crippen molar-refractivity contribution >= 4 is 40.2 Å². The molecule has 1 amide bonds. The molecule has 1 aromatic heterocycles. The highest BCUT2D eigenvalue weighted by Crippen LogP contribution is 2.23. The van der Waals surface area contributed by atoms with Crippen LogP contribution in [0.25, 0.3) is 10.9 Å². The molecule has 0 saturated carbocycles. The van der Waals surface area contributed by atoms with Crippen LogP contribution in [0.4, 0.5) is 0 Å². The third-order valence-electron chi connectivity index (χ3n) is 4.36. The summed E-state index contributed by atoms with van der Waals surface area (Å²) in [5.41, 5.74) is 1.45. The lowest BCUT2D eigenvalue weighted by atomic mass is 10.1. The maximum atomic E-state index is 12.8. The fraction of sp³-hybridized carbons (Fsp3) is 0.286. The number of aromatic nitrogens is 2. The van der Waals surface area contributed by atoms with Crippen LogP contribution in [0.2, 0.25) is 5.02 Å². The van der Waals surface area contributed by atoms with Crippen molar-refractivity contribution < 1.29 is 4.79 Å². The number of halogens is 1. The number of carbonyl (C=O) groups is 1. The number of carbonyl (C=O) groups excluding carboxylic acids is 1. The fourth-order valence-corrected chi connectivity index (χ4v) is 4.13. The van der Waals surface area contributed by atoms with Crippen molar-refractivity contribution in [1.82, 2.24) is 14.9 Å². The molecule has 0 aliphatic heterocycles. The summed E-state index contributed by atoms with van der Waals surface area (Å²) in [4.78, 5) is 29.8. The van der Waals surface area contributed by atoms with Gasteiger partial charge in [-0.3, -0.25) is 14.2 Å². The van der Waals surface area contributed by atoms with Crippen molar-refractivity contribution in [3.63, 3.8) is 0 Å². The van der Waals surface area contributed by atoms with Crippen LogP contribution in [0.15, 0.2) is 58.5 Å². The summed E-state index contributed by atoms with van der Waals surface area (Å²) < 4.78 is 1.65. The maximum Gasteiger partial charge on any atom is 0.262 e. The number of rotatable bonds is 7. The van der Waals surface area contributed by atoms with Crippen molar-refractivity contribution in [3.8, 4) is 0 Å². The van der Waals surface area contributed by atoms with E-state index in [4.69, 9.17) is 11.6 Å². The average Bonchev–Trinajstić information content (AvgIpc) is 2.69. The van der Waals surface area contributed by atoms with Crippen LogP contribution < -0.4 is 10.9 Å². The molecule has 3 rings (SSSR count). The monoisotopic (exact) mass is 415 g/mol. The van der Waals surface area contributed by atoms with Gasteiger partial charge in [0.2, 0.25) is 5.91 Å². The average molecular weight is 416 g/mol. The molecule has 3 aromatic rings. The molecular weight excluding hydrogens is 394 g/mol. The Morgan fingerprint density at radius 2 is 1.93 bits per heavy atom. The highest BCUT2D eigenvalue weighted by atomic mass is 35.5. The predicted octanol–water partition coefficient (Wildman–Crippen LogP) is 4.43. The second-order valence-corrected chi connectivity index (χ2v) is 7.82. The first-order valence-electron chi connectivity index (χ1n) is 9.17. The van der Waals surface area contributed by atoms with E-state index < -0.39 is 0 Å². The SMILES string of the molecule is CCCn1c(SCC(=O)N[C@@H](C)c2ccccc2Cl)nc2ccccc2c1=O. The van der Waals surface area contributed by atoms with Crippen LogP contribution in [0, 0.1) is 0 Å². The van der Waals surface area contributed by atoms with Crippen LogP contribution in [0.5, 0.6) is 0 Å². The summed E-state index contributed by atoms with van der Waals surface area (Å²) >= 11 is 7.47. The van der Waals surface area contributed by atoms with Crippen LogP contribution in [0.1, 0.15) is 31.9 Å². The topological polar surface area (TPSA) is 64.0 Å². The van der Waals surface area contributed by atoms with Gasteiger partial charge in [-0.05, 0) is 37.1 Å². The van der Waals surface area contributed by atoms with Crippen LogP contribution >= 0.6 is 23.4 Å². The quantitative estimate of drug-likeness (QED) is 0.458. The molecule has 1 heterocycles. The van der Waals surface area contributed by atoms with Gasteiger partial charge in [0.1, 0.15) is 0 Å². The van der Waals surface area contributed by atoms with Gasteiger partial charge >= 0.3 is 0 Å². The Labute approximate surface area is 173 Å². The van der Waals surface area contributed by atoms with Crippen molar-refractivity contribution in [1.29, 1.82) is 0 Å². The van der Waals surface area contributed by atoms with Crippen molar-refractivity contribution in [3.05, 3.63) is 69.5 Å². The lowest BCUT2D eigenvalue weighted by Gasteiger charge is -2.16. The normalized spacial score (nSPS) is 12.1. The first kappa shape index (κ1) is 20.4. The molecule has 146 valence electrons. The third-order valence-corrected chi connectivity index (χ3v) is 5.68. The number of thioether (sulfide) groups is 1. The van der Waals surface area contributed by atoms with Gasteiger partial charge < -0.3 is 5.32 Å². The first-order chi connectivity index (χ1) is 13.5. The number of benzene rings is 2. The summed E-state index contributed by atoms with van der Waals surface area (Å²) in [6.45, 7) is 4.47.